The van der Waals surface area contributed by atoms with E-state index in [4.69, 9.17) is 9.47 Å². The lowest BCUT2D eigenvalue weighted by Gasteiger charge is -2.26. The quantitative estimate of drug-likeness (QED) is 0.793. The number of esters is 1. The maximum Gasteiger partial charge on any atom is 0.337 e. The van der Waals surface area contributed by atoms with Crippen molar-refractivity contribution in [2.24, 2.45) is 0 Å². The third-order valence-electron chi connectivity index (χ3n) is 2.79. The normalized spacial score (nSPS) is 13.7. The first kappa shape index (κ1) is 16.0. The summed E-state index contributed by atoms with van der Waals surface area (Å²) in [4.78, 5) is 22.2. The molecule has 2 rings (SSSR count). The maximum atomic E-state index is 11.4. The molecular formula is C15H20O5. The Labute approximate surface area is 118 Å². The fourth-order valence-corrected chi connectivity index (χ4v) is 1.72. The van der Waals surface area contributed by atoms with Gasteiger partial charge in [-0.3, -0.25) is 4.79 Å². The summed E-state index contributed by atoms with van der Waals surface area (Å²) in [6.07, 6.45) is 0.777. The van der Waals surface area contributed by atoms with Gasteiger partial charge in [-0.15, -0.1) is 0 Å². The average molecular weight is 280 g/mol. The van der Waals surface area contributed by atoms with Gasteiger partial charge in [0.05, 0.1) is 19.8 Å². The van der Waals surface area contributed by atoms with E-state index in [-0.39, 0.29) is 11.9 Å². The average Bonchev–Trinajstić information content (AvgIpc) is 2.47. The molecule has 0 aliphatic heterocycles. The highest BCUT2D eigenvalue weighted by Gasteiger charge is 2.29. The highest BCUT2D eigenvalue weighted by molar-refractivity contribution is 5.90. The molecule has 0 saturated heterocycles. The molecule has 0 unspecified atom stereocenters. The van der Waals surface area contributed by atoms with E-state index in [1.807, 2.05) is 13.8 Å². The SMILES string of the molecule is CC.COC(=O)c1ccc(OC2CC(=O)C2)c(OC)c1. The van der Waals surface area contributed by atoms with Crippen LogP contribution < -0.4 is 9.47 Å². The van der Waals surface area contributed by atoms with Gasteiger partial charge in [0.1, 0.15) is 11.9 Å². The van der Waals surface area contributed by atoms with Gasteiger partial charge in [0, 0.05) is 12.8 Å². The van der Waals surface area contributed by atoms with Crippen LogP contribution in [-0.2, 0) is 9.53 Å². The van der Waals surface area contributed by atoms with Crippen molar-refractivity contribution in [3.63, 3.8) is 0 Å². The number of ether oxygens (including phenoxy) is 3. The van der Waals surface area contributed by atoms with E-state index in [9.17, 15) is 9.59 Å². The van der Waals surface area contributed by atoms with E-state index < -0.39 is 5.97 Å². The van der Waals surface area contributed by atoms with Gasteiger partial charge in [-0.2, -0.15) is 0 Å². The van der Waals surface area contributed by atoms with Gasteiger partial charge in [-0.05, 0) is 18.2 Å². The zero-order chi connectivity index (χ0) is 15.1. The Morgan fingerprint density at radius 2 is 1.80 bits per heavy atom. The monoisotopic (exact) mass is 280 g/mol. The number of benzene rings is 1. The summed E-state index contributed by atoms with van der Waals surface area (Å²) < 4.78 is 15.4. The Bertz CT molecular complexity index is 473. The number of rotatable bonds is 4. The van der Waals surface area contributed by atoms with E-state index in [1.54, 1.807) is 18.2 Å². The van der Waals surface area contributed by atoms with Crippen molar-refractivity contribution in [3.05, 3.63) is 23.8 Å². The van der Waals surface area contributed by atoms with Crippen LogP contribution in [-0.4, -0.2) is 32.1 Å². The van der Waals surface area contributed by atoms with Gasteiger partial charge in [0.15, 0.2) is 11.5 Å². The minimum atomic E-state index is -0.432. The van der Waals surface area contributed by atoms with Crippen LogP contribution in [0.2, 0.25) is 0 Å². The number of methoxy groups -OCH3 is 2. The van der Waals surface area contributed by atoms with E-state index >= 15 is 0 Å². The fraction of sp³-hybridized carbons (Fsp3) is 0.467. The standard InChI is InChI=1S/C13H14O5.C2H6/c1-16-12-5-8(13(15)17-2)3-4-11(12)18-10-6-9(14)7-10;1-2/h3-5,10H,6-7H2,1-2H3;1-2H3. The van der Waals surface area contributed by atoms with E-state index in [2.05, 4.69) is 4.74 Å². The van der Waals surface area contributed by atoms with Crippen molar-refractivity contribution < 1.29 is 23.8 Å². The summed E-state index contributed by atoms with van der Waals surface area (Å²) >= 11 is 0. The zero-order valence-electron chi connectivity index (χ0n) is 12.3. The van der Waals surface area contributed by atoms with Gasteiger partial charge >= 0.3 is 5.97 Å². The largest absolute Gasteiger partial charge is 0.493 e. The van der Waals surface area contributed by atoms with Crippen LogP contribution in [0, 0.1) is 0 Å². The molecule has 110 valence electrons. The molecule has 20 heavy (non-hydrogen) atoms. The molecule has 1 saturated carbocycles. The topological polar surface area (TPSA) is 61.8 Å². The second kappa shape index (κ2) is 7.53. The molecule has 0 bridgehead atoms. The highest BCUT2D eigenvalue weighted by Crippen LogP contribution is 2.32. The number of Topliss-reactive ketones (excluding diaryl/α,β-unsaturated/α-hetero) is 1. The summed E-state index contributed by atoms with van der Waals surface area (Å²) in [7, 11) is 2.81. The van der Waals surface area contributed by atoms with Crippen molar-refractivity contribution in [3.8, 4) is 11.5 Å². The van der Waals surface area contributed by atoms with Crippen LogP contribution in [0.15, 0.2) is 18.2 Å². The molecule has 0 atom stereocenters. The molecule has 0 spiro atoms. The van der Waals surface area contributed by atoms with Crippen molar-refractivity contribution >= 4 is 11.8 Å². The molecule has 1 aromatic rings. The van der Waals surface area contributed by atoms with Gasteiger partial charge < -0.3 is 14.2 Å². The van der Waals surface area contributed by atoms with Crippen LogP contribution in [0.3, 0.4) is 0 Å². The first-order chi connectivity index (χ1) is 9.63. The Hall–Kier alpha value is -2.04. The van der Waals surface area contributed by atoms with Gasteiger partial charge in [-0.25, -0.2) is 4.79 Å². The Morgan fingerprint density at radius 1 is 1.15 bits per heavy atom. The van der Waals surface area contributed by atoms with E-state index in [0.29, 0.717) is 29.9 Å². The summed E-state index contributed by atoms with van der Waals surface area (Å²) in [5, 5.41) is 0. The lowest BCUT2D eigenvalue weighted by atomic mass is 9.94. The number of hydrogen-bond acceptors (Lipinski definition) is 5. The molecular weight excluding hydrogens is 260 g/mol. The van der Waals surface area contributed by atoms with Crippen LogP contribution >= 0.6 is 0 Å². The Balaban J connectivity index is 0.000000956. The van der Waals surface area contributed by atoms with Crippen LogP contribution in [0.5, 0.6) is 11.5 Å². The Morgan fingerprint density at radius 3 is 2.30 bits per heavy atom. The molecule has 1 fully saturated rings. The minimum Gasteiger partial charge on any atom is -0.493 e. The molecule has 0 N–H and O–H groups in total. The van der Waals surface area contributed by atoms with Crippen molar-refractivity contribution in [1.29, 1.82) is 0 Å². The van der Waals surface area contributed by atoms with Crippen LogP contribution in [0.4, 0.5) is 0 Å². The third kappa shape index (κ3) is 3.73. The summed E-state index contributed by atoms with van der Waals surface area (Å²) in [5.74, 6) is 0.753. The van der Waals surface area contributed by atoms with Crippen molar-refractivity contribution in [2.45, 2.75) is 32.8 Å². The lowest BCUT2D eigenvalue weighted by Crippen LogP contribution is -2.33. The maximum absolute atomic E-state index is 11.4. The van der Waals surface area contributed by atoms with Crippen LogP contribution in [0.1, 0.15) is 37.0 Å². The van der Waals surface area contributed by atoms with Crippen LogP contribution in [0.25, 0.3) is 0 Å². The first-order valence-electron chi connectivity index (χ1n) is 6.58. The summed E-state index contributed by atoms with van der Waals surface area (Å²) in [5.41, 5.74) is 0.395. The van der Waals surface area contributed by atoms with Gasteiger partial charge in [-0.1, -0.05) is 13.8 Å². The number of carbonyl (C=O) groups excluding carboxylic acids is 2. The van der Waals surface area contributed by atoms with E-state index in [1.165, 1.54) is 14.2 Å². The Kier molecular flexibility index (Phi) is 6.03. The van der Waals surface area contributed by atoms with E-state index in [0.717, 1.165) is 0 Å². The lowest BCUT2D eigenvalue weighted by molar-refractivity contribution is -0.129. The summed E-state index contributed by atoms with van der Waals surface area (Å²) in [6, 6.07) is 4.81. The number of ketones is 1. The first-order valence-corrected chi connectivity index (χ1v) is 6.58. The zero-order valence-corrected chi connectivity index (χ0v) is 12.3. The highest BCUT2D eigenvalue weighted by atomic mass is 16.5. The predicted octanol–water partition coefficient (Wildman–Crippen LogP) is 2.62. The second-order valence-electron chi connectivity index (χ2n) is 4.04. The second-order valence-corrected chi connectivity index (χ2v) is 4.04. The molecule has 0 amide bonds. The third-order valence-corrected chi connectivity index (χ3v) is 2.79. The molecule has 0 radical (unpaired) electrons. The minimum absolute atomic E-state index is 0.0876. The number of hydrogen-bond donors (Lipinski definition) is 0. The molecule has 5 heteroatoms. The molecule has 5 nitrogen and oxygen atoms in total. The molecule has 0 heterocycles. The predicted molar refractivity (Wildman–Crippen MR) is 74.3 cm³/mol. The van der Waals surface area contributed by atoms with Crippen molar-refractivity contribution in [2.75, 3.05) is 14.2 Å². The molecule has 1 aromatic carbocycles. The smallest absolute Gasteiger partial charge is 0.337 e. The summed E-state index contributed by atoms with van der Waals surface area (Å²) in [6.45, 7) is 4.00. The van der Waals surface area contributed by atoms with Crippen molar-refractivity contribution in [1.82, 2.24) is 0 Å². The number of carbonyl (C=O) groups is 2. The molecule has 1 aliphatic carbocycles. The van der Waals surface area contributed by atoms with Gasteiger partial charge in [0.25, 0.3) is 0 Å². The fourth-order valence-electron chi connectivity index (χ4n) is 1.72. The molecule has 1 aliphatic rings. The molecule has 0 aromatic heterocycles. The van der Waals surface area contributed by atoms with Gasteiger partial charge in [0.2, 0.25) is 0 Å².